The molecular formula is C22H32N6O3. The van der Waals surface area contributed by atoms with Crippen molar-refractivity contribution in [2.75, 3.05) is 17.7 Å². The molecule has 4 N–H and O–H groups in total. The molecule has 3 unspecified atom stereocenters. The Kier molecular flexibility index (Phi) is 6.54. The number of rotatable bonds is 5. The molecular weight excluding hydrogens is 396 g/mol. The molecule has 1 aromatic carbocycles. The number of ether oxygens (including phenoxy) is 1. The minimum atomic E-state index is -0.567. The Balaban J connectivity index is 1.86. The molecule has 0 spiro atoms. The first-order valence-corrected chi connectivity index (χ1v) is 10.5. The summed E-state index contributed by atoms with van der Waals surface area (Å²) in [7, 11) is 1.55. The van der Waals surface area contributed by atoms with Crippen molar-refractivity contribution in [2.45, 2.75) is 58.8 Å². The van der Waals surface area contributed by atoms with Crippen molar-refractivity contribution in [2.24, 2.45) is 5.92 Å². The highest BCUT2D eigenvalue weighted by atomic mass is 16.5. The van der Waals surface area contributed by atoms with Crippen LogP contribution in [0.2, 0.25) is 0 Å². The molecule has 9 nitrogen and oxygen atoms in total. The first-order chi connectivity index (χ1) is 14.6. The van der Waals surface area contributed by atoms with E-state index < -0.39 is 12.3 Å². The summed E-state index contributed by atoms with van der Waals surface area (Å²) in [5, 5.41) is 16.7. The second-order valence-corrected chi connectivity index (χ2v) is 8.77. The highest BCUT2D eigenvalue weighted by Crippen LogP contribution is 2.28. The monoisotopic (exact) mass is 428 g/mol. The van der Waals surface area contributed by atoms with Crippen molar-refractivity contribution in [3.05, 3.63) is 36.0 Å². The van der Waals surface area contributed by atoms with Gasteiger partial charge in [-0.1, -0.05) is 39.8 Å². The normalized spacial score (nSPS) is 21.4. The van der Waals surface area contributed by atoms with E-state index in [4.69, 9.17) is 9.84 Å². The number of aromatic nitrogens is 2. The van der Waals surface area contributed by atoms with Gasteiger partial charge >= 0.3 is 6.03 Å². The largest absolute Gasteiger partial charge is 0.495 e. The lowest BCUT2D eigenvalue weighted by Gasteiger charge is -2.35. The van der Waals surface area contributed by atoms with E-state index >= 15 is 0 Å². The number of carbonyl (C=O) groups is 2. The molecule has 1 fully saturated rings. The van der Waals surface area contributed by atoms with E-state index in [0.29, 0.717) is 17.3 Å². The summed E-state index contributed by atoms with van der Waals surface area (Å²) in [6.45, 7) is 10.1. The number of urea groups is 1. The quantitative estimate of drug-likeness (QED) is 0.583. The van der Waals surface area contributed by atoms with Crippen molar-refractivity contribution in [1.82, 2.24) is 20.4 Å². The SMILES string of the molecule is CCC1C(=O)NC(n2nc(C(C)(C)C)cc2NC(=O)Nc2ccccc2OC)NC1C. The van der Waals surface area contributed by atoms with Gasteiger partial charge < -0.3 is 15.4 Å². The summed E-state index contributed by atoms with van der Waals surface area (Å²) < 4.78 is 6.90. The molecule has 31 heavy (non-hydrogen) atoms. The summed E-state index contributed by atoms with van der Waals surface area (Å²) in [5.74, 6) is 0.884. The van der Waals surface area contributed by atoms with E-state index in [9.17, 15) is 9.59 Å². The highest BCUT2D eigenvalue weighted by Gasteiger charge is 2.35. The van der Waals surface area contributed by atoms with Gasteiger partial charge in [-0.2, -0.15) is 5.10 Å². The highest BCUT2D eigenvalue weighted by molar-refractivity contribution is 6.00. The minimum absolute atomic E-state index is 0.0266. The molecule has 0 bridgehead atoms. The fraction of sp³-hybridized carbons (Fsp3) is 0.500. The average Bonchev–Trinajstić information content (AvgIpc) is 3.12. The zero-order chi connectivity index (χ0) is 22.8. The van der Waals surface area contributed by atoms with E-state index in [0.717, 1.165) is 12.1 Å². The van der Waals surface area contributed by atoms with Crippen LogP contribution in [-0.4, -0.2) is 34.9 Å². The molecule has 0 saturated carbocycles. The van der Waals surface area contributed by atoms with Crippen LogP contribution in [0.1, 0.15) is 53.0 Å². The number of amides is 3. The van der Waals surface area contributed by atoms with Gasteiger partial charge in [0.1, 0.15) is 11.6 Å². The van der Waals surface area contributed by atoms with Crippen molar-refractivity contribution in [3.63, 3.8) is 0 Å². The van der Waals surface area contributed by atoms with Crippen molar-refractivity contribution in [1.29, 1.82) is 0 Å². The van der Waals surface area contributed by atoms with Crippen LogP contribution in [0.4, 0.5) is 16.3 Å². The summed E-state index contributed by atoms with van der Waals surface area (Å²) in [4.78, 5) is 25.3. The predicted octanol–water partition coefficient (Wildman–Crippen LogP) is 3.42. The molecule has 1 aliphatic heterocycles. The summed E-state index contributed by atoms with van der Waals surface area (Å²) in [5.41, 5.74) is 1.10. The smallest absolute Gasteiger partial charge is 0.324 e. The summed E-state index contributed by atoms with van der Waals surface area (Å²) in [6.07, 6.45) is 0.175. The van der Waals surface area contributed by atoms with Crippen LogP contribution >= 0.6 is 0 Å². The number of nitrogens with one attached hydrogen (secondary N) is 4. The number of anilines is 2. The van der Waals surface area contributed by atoms with E-state index in [1.54, 1.807) is 23.9 Å². The molecule has 3 atom stereocenters. The maximum absolute atomic E-state index is 12.7. The second-order valence-electron chi connectivity index (χ2n) is 8.77. The van der Waals surface area contributed by atoms with Gasteiger partial charge in [0, 0.05) is 17.5 Å². The van der Waals surface area contributed by atoms with Gasteiger partial charge in [-0.25, -0.2) is 9.48 Å². The predicted molar refractivity (Wildman–Crippen MR) is 120 cm³/mol. The molecule has 1 aliphatic rings. The molecule has 1 aromatic heterocycles. The zero-order valence-electron chi connectivity index (χ0n) is 18.9. The van der Waals surface area contributed by atoms with Crippen LogP contribution < -0.4 is 26.0 Å². The topological polar surface area (TPSA) is 109 Å². The standard InChI is InChI=1S/C22H32N6O3/c1-7-14-13(2)23-20(26-19(14)29)28-18(12-17(27-28)22(3,4)5)25-21(30)24-15-10-8-9-11-16(15)31-6/h8-14,20,23H,7H2,1-6H3,(H,26,29)(H2,24,25,30). The fourth-order valence-corrected chi connectivity index (χ4v) is 3.62. The lowest BCUT2D eigenvalue weighted by Crippen LogP contribution is -2.57. The average molecular weight is 429 g/mol. The molecule has 168 valence electrons. The van der Waals surface area contributed by atoms with Crippen molar-refractivity contribution in [3.8, 4) is 5.75 Å². The Labute approximate surface area is 182 Å². The first kappa shape index (κ1) is 22.6. The van der Waals surface area contributed by atoms with E-state index in [2.05, 4.69) is 21.3 Å². The number of para-hydroxylation sites is 2. The van der Waals surface area contributed by atoms with E-state index in [1.807, 2.05) is 52.8 Å². The molecule has 0 aliphatic carbocycles. The Morgan fingerprint density at radius 3 is 2.58 bits per heavy atom. The Morgan fingerprint density at radius 2 is 1.97 bits per heavy atom. The lowest BCUT2D eigenvalue weighted by molar-refractivity contribution is -0.130. The number of carbonyl (C=O) groups excluding carboxylic acids is 2. The van der Waals surface area contributed by atoms with Gasteiger partial charge in [0.05, 0.1) is 24.4 Å². The molecule has 1 saturated heterocycles. The summed E-state index contributed by atoms with van der Waals surface area (Å²) in [6, 6.07) is 8.53. The van der Waals surface area contributed by atoms with Crippen LogP contribution in [0.3, 0.4) is 0 Å². The molecule has 2 aromatic rings. The van der Waals surface area contributed by atoms with E-state index in [-0.39, 0.29) is 23.3 Å². The first-order valence-electron chi connectivity index (χ1n) is 10.5. The number of methoxy groups -OCH3 is 1. The minimum Gasteiger partial charge on any atom is -0.495 e. The molecule has 3 amide bonds. The summed E-state index contributed by atoms with van der Waals surface area (Å²) >= 11 is 0. The Bertz CT molecular complexity index is 949. The zero-order valence-corrected chi connectivity index (χ0v) is 18.9. The van der Waals surface area contributed by atoms with Gasteiger partial charge in [-0.3, -0.25) is 15.4 Å². The van der Waals surface area contributed by atoms with Crippen molar-refractivity contribution >= 4 is 23.4 Å². The Hall–Kier alpha value is -3.07. The molecule has 2 heterocycles. The van der Waals surface area contributed by atoms with Crippen LogP contribution in [0, 0.1) is 5.92 Å². The molecule has 3 rings (SSSR count). The number of benzene rings is 1. The van der Waals surface area contributed by atoms with Gasteiger partial charge in [-0.15, -0.1) is 0 Å². The second kappa shape index (κ2) is 8.97. The van der Waals surface area contributed by atoms with E-state index in [1.165, 1.54) is 0 Å². The van der Waals surface area contributed by atoms with Crippen molar-refractivity contribution < 1.29 is 14.3 Å². The third-order valence-corrected chi connectivity index (χ3v) is 5.43. The lowest BCUT2D eigenvalue weighted by atomic mass is 9.92. The number of hydrogen-bond donors (Lipinski definition) is 4. The van der Waals surface area contributed by atoms with Crippen LogP contribution in [0.15, 0.2) is 30.3 Å². The third-order valence-electron chi connectivity index (χ3n) is 5.43. The number of hydrogen-bond acceptors (Lipinski definition) is 5. The maximum atomic E-state index is 12.7. The van der Waals surface area contributed by atoms with Gasteiger partial charge in [-0.05, 0) is 25.5 Å². The Morgan fingerprint density at radius 1 is 1.26 bits per heavy atom. The van der Waals surface area contributed by atoms with Gasteiger partial charge in [0.15, 0.2) is 6.29 Å². The molecule has 0 radical (unpaired) electrons. The third kappa shape index (κ3) is 4.99. The van der Waals surface area contributed by atoms with Gasteiger partial charge in [0.2, 0.25) is 5.91 Å². The van der Waals surface area contributed by atoms with Crippen LogP contribution in [0.25, 0.3) is 0 Å². The number of nitrogens with zero attached hydrogens (tertiary/aromatic N) is 2. The van der Waals surface area contributed by atoms with Gasteiger partial charge in [0.25, 0.3) is 0 Å². The fourth-order valence-electron chi connectivity index (χ4n) is 3.62. The van der Waals surface area contributed by atoms with Crippen LogP contribution in [0.5, 0.6) is 5.75 Å². The molecule has 9 heteroatoms. The van der Waals surface area contributed by atoms with Crippen LogP contribution in [-0.2, 0) is 10.2 Å². The maximum Gasteiger partial charge on any atom is 0.324 e.